The zero-order valence-electron chi connectivity index (χ0n) is 14.0. The van der Waals surface area contributed by atoms with E-state index in [9.17, 15) is 4.79 Å². The molecular formula is C17H20BNO4. The van der Waals surface area contributed by atoms with Crippen molar-refractivity contribution in [3.8, 4) is 0 Å². The highest BCUT2D eigenvalue weighted by molar-refractivity contribution is 6.62. The molecule has 6 heteroatoms. The van der Waals surface area contributed by atoms with Crippen LogP contribution in [0.5, 0.6) is 0 Å². The third kappa shape index (κ3) is 2.73. The highest BCUT2D eigenvalue weighted by Crippen LogP contribution is 2.36. The van der Waals surface area contributed by atoms with Crippen LogP contribution in [0.1, 0.15) is 38.1 Å². The van der Waals surface area contributed by atoms with Gasteiger partial charge in [-0.05, 0) is 45.3 Å². The van der Waals surface area contributed by atoms with Gasteiger partial charge in [-0.15, -0.1) is 0 Å². The Morgan fingerprint density at radius 2 is 1.78 bits per heavy atom. The number of carbonyl (C=O) groups is 1. The molecule has 0 N–H and O–H groups in total. The summed E-state index contributed by atoms with van der Waals surface area (Å²) in [5, 5.41) is 0.847. The number of hydrogen-bond acceptors (Lipinski definition) is 5. The SMILES string of the molecule is COC(=O)c1cnc2ccc(B3OC(C)(C)C(C)(C)O3)cc2c1. The number of benzene rings is 1. The van der Waals surface area contributed by atoms with Crippen molar-refractivity contribution in [3.05, 3.63) is 36.0 Å². The maximum atomic E-state index is 11.7. The molecule has 2 aromatic rings. The van der Waals surface area contributed by atoms with E-state index in [2.05, 4.69) is 4.98 Å². The Bertz CT molecular complexity index is 756. The second-order valence-electron chi connectivity index (χ2n) is 6.76. The molecule has 23 heavy (non-hydrogen) atoms. The molecular weight excluding hydrogens is 293 g/mol. The van der Waals surface area contributed by atoms with Crippen molar-refractivity contribution >= 4 is 29.5 Å². The summed E-state index contributed by atoms with van der Waals surface area (Å²) in [5.41, 5.74) is 1.35. The van der Waals surface area contributed by atoms with Gasteiger partial charge in [0.05, 0.1) is 29.4 Å². The Hall–Kier alpha value is -1.92. The summed E-state index contributed by atoms with van der Waals surface area (Å²) in [6, 6.07) is 7.55. The molecule has 0 aliphatic carbocycles. The summed E-state index contributed by atoms with van der Waals surface area (Å²) < 4.78 is 16.9. The zero-order valence-corrected chi connectivity index (χ0v) is 14.0. The number of hydrogen-bond donors (Lipinski definition) is 0. The molecule has 1 aliphatic rings. The lowest BCUT2D eigenvalue weighted by Crippen LogP contribution is -2.41. The average Bonchev–Trinajstić information content (AvgIpc) is 2.73. The van der Waals surface area contributed by atoms with Gasteiger partial charge in [-0.2, -0.15) is 0 Å². The molecule has 0 unspecified atom stereocenters. The van der Waals surface area contributed by atoms with Gasteiger partial charge in [-0.1, -0.05) is 12.1 Å². The minimum absolute atomic E-state index is 0.390. The van der Waals surface area contributed by atoms with Crippen molar-refractivity contribution in [1.29, 1.82) is 0 Å². The molecule has 0 saturated carbocycles. The molecule has 1 saturated heterocycles. The van der Waals surface area contributed by atoms with Crippen molar-refractivity contribution in [2.45, 2.75) is 38.9 Å². The summed E-state index contributed by atoms with van der Waals surface area (Å²) >= 11 is 0. The molecule has 120 valence electrons. The average molecular weight is 313 g/mol. The molecule has 1 fully saturated rings. The third-order valence-corrected chi connectivity index (χ3v) is 4.65. The van der Waals surface area contributed by atoms with Crippen molar-refractivity contribution < 1.29 is 18.8 Å². The molecule has 0 radical (unpaired) electrons. The minimum atomic E-state index is -0.439. The first-order chi connectivity index (χ1) is 10.7. The summed E-state index contributed by atoms with van der Waals surface area (Å²) in [4.78, 5) is 15.9. The number of methoxy groups -OCH3 is 1. The van der Waals surface area contributed by atoms with Crippen LogP contribution >= 0.6 is 0 Å². The van der Waals surface area contributed by atoms with E-state index in [1.807, 2.05) is 45.9 Å². The number of esters is 1. The summed E-state index contributed by atoms with van der Waals surface area (Å²) in [6.45, 7) is 8.08. The Balaban J connectivity index is 1.98. The monoisotopic (exact) mass is 313 g/mol. The largest absolute Gasteiger partial charge is 0.494 e. The lowest BCUT2D eigenvalue weighted by molar-refractivity contribution is 0.00578. The number of rotatable bonds is 2. The highest BCUT2D eigenvalue weighted by atomic mass is 16.7. The van der Waals surface area contributed by atoms with Gasteiger partial charge in [0.25, 0.3) is 0 Å². The molecule has 5 nitrogen and oxygen atoms in total. The Morgan fingerprint density at radius 3 is 2.39 bits per heavy atom. The van der Waals surface area contributed by atoms with Gasteiger partial charge in [-0.25, -0.2) is 4.79 Å². The standard InChI is InChI=1S/C17H20BNO4/c1-16(2)17(3,4)23-18(22-16)13-6-7-14-11(9-13)8-12(10-19-14)15(20)21-5/h6-10H,1-5H3. The van der Waals surface area contributed by atoms with Crippen LogP contribution in [0.3, 0.4) is 0 Å². The molecule has 1 aromatic carbocycles. The first kappa shape index (κ1) is 16.0. The summed E-state index contributed by atoms with van der Waals surface area (Å²) in [6.07, 6.45) is 1.52. The lowest BCUT2D eigenvalue weighted by Gasteiger charge is -2.32. The topological polar surface area (TPSA) is 57.7 Å². The highest BCUT2D eigenvalue weighted by Gasteiger charge is 2.51. The number of nitrogens with zero attached hydrogens (tertiary/aromatic N) is 1. The number of carbonyl (C=O) groups excluding carboxylic acids is 1. The van der Waals surface area contributed by atoms with Crippen LogP contribution in [-0.4, -0.2) is 36.4 Å². The van der Waals surface area contributed by atoms with Crippen LogP contribution in [0.15, 0.2) is 30.5 Å². The zero-order chi connectivity index (χ0) is 16.8. The Labute approximate surface area is 136 Å². The van der Waals surface area contributed by atoms with Gasteiger partial charge in [0.2, 0.25) is 0 Å². The molecule has 0 spiro atoms. The quantitative estimate of drug-likeness (QED) is 0.629. The van der Waals surface area contributed by atoms with Gasteiger partial charge >= 0.3 is 13.1 Å². The molecule has 1 aromatic heterocycles. The fourth-order valence-corrected chi connectivity index (χ4v) is 2.51. The van der Waals surface area contributed by atoms with Crippen LogP contribution in [-0.2, 0) is 14.0 Å². The lowest BCUT2D eigenvalue weighted by atomic mass is 9.78. The predicted octanol–water partition coefficient (Wildman–Crippen LogP) is 2.32. The Kier molecular flexibility index (Phi) is 3.69. The van der Waals surface area contributed by atoms with Crippen LogP contribution < -0.4 is 5.46 Å². The van der Waals surface area contributed by atoms with Crippen LogP contribution in [0, 0.1) is 0 Å². The first-order valence-corrected chi connectivity index (χ1v) is 7.57. The predicted molar refractivity (Wildman–Crippen MR) is 88.8 cm³/mol. The summed E-state index contributed by atoms with van der Waals surface area (Å²) in [7, 11) is 0.916. The van der Waals surface area contributed by atoms with E-state index in [0.29, 0.717) is 5.56 Å². The molecule has 0 bridgehead atoms. The van der Waals surface area contributed by atoms with Crippen LogP contribution in [0.4, 0.5) is 0 Å². The first-order valence-electron chi connectivity index (χ1n) is 7.57. The van der Waals surface area contributed by atoms with Gasteiger partial charge in [0.1, 0.15) is 0 Å². The van der Waals surface area contributed by atoms with Gasteiger partial charge in [0, 0.05) is 11.6 Å². The summed E-state index contributed by atoms with van der Waals surface area (Å²) in [5.74, 6) is -0.402. The number of fused-ring (bicyclic) bond motifs is 1. The normalized spacial score (nSPS) is 19.1. The van der Waals surface area contributed by atoms with E-state index in [4.69, 9.17) is 14.0 Å². The second kappa shape index (κ2) is 5.32. The minimum Gasteiger partial charge on any atom is -0.465 e. The van der Waals surface area contributed by atoms with E-state index in [1.54, 1.807) is 6.07 Å². The van der Waals surface area contributed by atoms with Crippen molar-refractivity contribution in [2.75, 3.05) is 7.11 Å². The smallest absolute Gasteiger partial charge is 0.465 e. The number of pyridine rings is 1. The third-order valence-electron chi connectivity index (χ3n) is 4.65. The van der Waals surface area contributed by atoms with E-state index in [0.717, 1.165) is 16.4 Å². The molecule has 0 atom stereocenters. The van der Waals surface area contributed by atoms with Crippen molar-refractivity contribution in [1.82, 2.24) is 4.98 Å². The van der Waals surface area contributed by atoms with E-state index >= 15 is 0 Å². The second-order valence-corrected chi connectivity index (χ2v) is 6.76. The molecule has 0 amide bonds. The maximum absolute atomic E-state index is 11.7. The van der Waals surface area contributed by atoms with E-state index in [-0.39, 0.29) is 0 Å². The maximum Gasteiger partial charge on any atom is 0.494 e. The van der Waals surface area contributed by atoms with E-state index in [1.165, 1.54) is 13.3 Å². The molecule has 3 rings (SSSR count). The number of ether oxygens (including phenoxy) is 1. The van der Waals surface area contributed by atoms with Crippen molar-refractivity contribution in [2.24, 2.45) is 0 Å². The Morgan fingerprint density at radius 1 is 1.13 bits per heavy atom. The van der Waals surface area contributed by atoms with E-state index < -0.39 is 24.3 Å². The van der Waals surface area contributed by atoms with Crippen LogP contribution in [0.25, 0.3) is 10.9 Å². The van der Waals surface area contributed by atoms with Crippen LogP contribution in [0.2, 0.25) is 0 Å². The molecule has 2 heterocycles. The van der Waals surface area contributed by atoms with Gasteiger partial charge < -0.3 is 14.0 Å². The van der Waals surface area contributed by atoms with Gasteiger partial charge in [-0.3, -0.25) is 4.98 Å². The fraction of sp³-hybridized carbons (Fsp3) is 0.412. The molecule has 1 aliphatic heterocycles. The van der Waals surface area contributed by atoms with Crippen molar-refractivity contribution in [3.63, 3.8) is 0 Å². The van der Waals surface area contributed by atoms with Gasteiger partial charge in [0.15, 0.2) is 0 Å². The fourth-order valence-electron chi connectivity index (χ4n) is 2.51. The number of aromatic nitrogens is 1.